The van der Waals surface area contributed by atoms with Gasteiger partial charge < -0.3 is 23.5 Å². The zero-order valence-corrected chi connectivity index (χ0v) is 14.6. The van der Waals surface area contributed by atoms with E-state index in [1.165, 1.54) is 0 Å². The highest BCUT2D eigenvalue weighted by atomic mass is 16.5. The Morgan fingerprint density at radius 2 is 2.04 bits per heavy atom. The highest BCUT2D eigenvalue weighted by Crippen LogP contribution is 2.32. The number of carbonyl (C=O) groups excluding carboxylic acids is 1. The van der Waals surface area contributed by atoms with Gasteiger partial charge >= 0.3 is 0 Å². The van der Waals surface area contributed by atoms with Gasteiger partial charge in [0.2, 0.25) is 0 Å². The first-order valence-corrected chi connectivity index (χ1v) is 9.46. The predicted molar refractivity (Wildman–Crippen MR) is 90.4 cm³/mol. The van der Waals surface area contributed by atoms with Crippen molar-refractivity contribution >= 4 is 5.91 Å². The van der Waals surface area contributed by atoms with Gasteiger partial charge in [-0.05, 0) is 50.2 Å². The molecule has 4 heterocycles. The van der Waals surface area contributed by atoms with E-state index in [0.717, 1.165) is 58.5 Å². The van der Waals surface area contributed by atoms with Gasteiger partial charge in [0.25, 0.3) is 5.91 Å². The summed E-state index contributed by atoms with van der Waals surface area (Å²) in [5.74, 6) is 1.02. The summed E-state index contributed by atoms with van der Waals surface area (Å²) in [6, 6.07) is 3.65. The average Bonchev–Trinajstić information content (AvgIpc) is 3.32. The van der Waals surface area contributed by atoms with E-state index in [1.54, 1.807) is 18.4 Å². The summed E-state index contributed by atoms with van der Waals surface area (Å²) in [6.45, 7) is 3.92. The van der Waals surface area contributed by atoms with Gasteiger partial charge in [0.05, 0.1) is 31.1 Å². The molecule has 3 aliphatic heterocycles. The molecule has 0 saturated carbocycles. The van der Waals surface area contributed by atoms with Crippen LogP contribution in [0, 0.1) is 5.92 Å². The quantitative estimate of drug-likeness (QED) is 0.817. The molecule has 3 atom stereocenters. The lowest BCUT2D eigenvalue weighted by molar-refractivity contribution is -0.102. The fraction of sp³-hybridized carbons (Fsp3) is 0.737. The van der Waals surface area contributed by atoms with Crippen molar-refractivity contribution in [2.75, 3.05) is 33.0 Å². The van der Waals surface area contributed by atoms with E-state index in [2.05, 4.69) is 0 Å². The van der Waals surface area contributed by atoms with Crippen molar-refractivity contribution in [1.29, 1.82) is 0 Å². The second-order valence-electron chi connectivity index (χ2n) is 7.30. The zero-order valence-electron chi connectivity index (χ0n) is 14.6. The number of ether oxygens (including phenoxy) is 3. The average molecular weight is 349 g/mol. The van der Waals surface area contributed by atoms with E-state index in [1.807, 2.05) is 4.90 Å². The number of carbonyl (C=O) groups is 1. The fourth-order valence-electron chi connectivity index (χ4n) is 4.19. The Bertz CT molecular complexity index is 554. The molecule has 1 aromatic rings. The third-order valence-electron chi connectivity index (χ3n) is 5.63. The molecule has 3 saturated heterocycles. The zero-order chi connectivity index (χ0) is 17.1. The second kappa shape index (κ2) is 7.89. The molecule has 0 bridgehead atoms. The van der Waals surface area contributed by atoms with Gasteiger partial charge in [0, 0.05) is 26.4 Å². The SMILES string of the molecule is O=C(c1ccco1)N1CC[C@@H]2O[C@@H](COCC3CCOCC3)CC[C@@H]21. The van der Waals surface area contributed by atoms with Gasteiger partial charge in [0.1, 0.15) is 0 Å². The molecule has 0 N–H and O–H groups in total. The molecular formula is C19H27NO5. The number of fused-ring (bicyclic) bond motifs is 1. The van der Waals surface area contributed by atoms with Crippen LogP contribution in [0.2, 0.25) is 0 Å². The lowest BCUT2D eigenvalue weighted by Crippen LogP contribution is -2.46. The molecule has 0 aliphatic carbocycles. The van der Waals surface area contributed by atoms with Crippen molar-refractivity contribution in [3.63, 3.8) is 0 Å². The summed E-state index contributed by atoms with van der Waals surface area (Å²) in [6.07, 6.45) is 6.83. The van der Waals surface area contributed by atoms with E-state index >= 15 is 0 Å². The normalized spacial score (nSPS) is 30.4. The number of hydrogen-bond acceptors (Lipinski definition) is 5. The first kappa shape index (κ1) is 17.1. The molecule has 0 radical (unpaired) electrons. The molecular weight excluding hydrogens is 322 g/mol. The van der Waals surface area contributed by atoms with Crippen molar-refractivity contribution in [3.8, 4) is 0 Å². The molecule has 4 rings (SSSR count). The summed E-state index contributed by atoms with van der Waals surface area (Å²) >= 11 is 0. The Labute approximate surface area is 148 Å². The van der Waals surface area contributed by atoms with E-state index in [0.29, 0.717) is 18.3 Å². The van der Waals surface area contributed by atoms with Gasteiger partial charge in [-0.2, -0.15) is 0 Å². The van der Waals surface area contributed by atoms with Crippen molar-refractivity contribution in [1.82, 2.24) is 4.90 Å². The topological polar surface area (TPSA) is 61.1 Å². The third-order valence-corrected chi connectivity index (χ3v) is 5.63. The molecule has 3 fully saturated rings. The number of likely N-dealkylation sites (tertiary alicyclic amines) is 1. The summed E-state index contributed by atoms with van der Waals surface area (Å²) in [4.78, 5) is 14.5. The molecule has 1 aromatic heterocycles. The Morgan fingerprint density at radius 1 is 1.16 bits per heavy atom. The van der Waals surface area contributed by atoms with Crippen molar-refractivity contribution < 1.29 is 23.4 Å². The van der Waals surface area contributed by atoms with Crippen LogP contribution in [0.15, 0.2) is 22.8 Å². The molecule has 0 aromatic carbocycles. The summed E-state index contributed by atoms with van der Waals surface area (Å²) < 4.78 is 22.8. The maximum atomic E-state index is 12.5. The highest BCUT2D eigenvalue weighted by molar-refractivity contribution is 5.91. The maximum Gasteiger partial charge on any atom is 0.289 e. The Kier molecular flexibility index (Phi) is 5.39. The van der Waals surface area contributed by atoms with Crippen LogP contribution in [0.1, 0.15) is 42.7 Å². The maximum absolute atomic E-state index is 12.5. The van der Waals surface area contributed by atoms with E-state index in [-0.39, 0.29) is 24.2 Å². The van der Waals surface area contributed by atoms with Crippen LogP contribution in [-0.2, 0) is 14.2 Å². The molecule has 6 heteroatoms. The molecule has 25 heavy (non-hydrogen) atoms. The first-order valence-electron chi connectivity index (χ1n) is 9.46. The number of rotatable bonds is 5. The number of amides is 1. The number of hydrogen-bond donors (Lipinski definition) is 0. The highest BCUT2D eigenvalue weighted by Gasteiger charge is 2.42. The summed E-state index contributed by atoms with van der Waals surface area (Å²) in [5.41, 5.74) is 0. The van der Waals surface area contributed by atoms with Crippen LogP contribution in [-0.4, -0.2) is 62.0 Å². The van der Waals surface area contributed by atoms with Crippen LogP contribution in [0.25, 0.3) is 0 Å². The lowest BCUT2D eigenvalue weighted by atomic mass is 9.99. The van der Waals surface area contributed by atoms with Crippen LogP contribution in [0.3, 0.4) is 0 Å². The van der Waals surface area contributed by atoms with E-state index < -0.39 is 0 Å². The van der Waals surface area contributed by atoms with Crippen molar-refractivity contribution in [2.45, 2.75) is 50.4 Å². The molecule has 3 aliphatic rings. The van der Waals surface area contributed by atoms with E-state index in [9.17, 15) is 4.79 Å². The predicted octanol–water partition coefficient (Wildman–Crippen LogP) is 2.48. The van der Waals surface area contributed by atoms with Gasteiger partial charge in [-0.15, -0.1) is 0 Å². The summed E-state index contributed by atoms with van der Waals surface area (Å²) in [7, 11) is 0. The van der Waals surface area contributed by atoms with E-state index in [4.69, 9.17) is 18.6 Å². The lowest BCUT2D eigenvalue weighted by Gasteiger charge is -2.35. The Hall–Kier alpha value is -1.37. The second-order valence-corrected chi connectivity index (χ2v) is 7.30. The van der Waals surface area contributed by atoms with Crippen LogP contribution in [0.5, 0.6) is 0 Å². The minimum absolute atomic E-state index is 0.0182. The summed E-state index contributed by atoms with van der Waals surface area (Å²) in [5, 5.41) is 0. The largest absolute Gasteiger partial charge is 0.459 e. The number of furan rings is 1. The monoisotopic (exact) mass is 349 g/mol. The number of nitrogens with zero attached hydrogens (tertiary/aromatic N) is 1. The van der Waals surface area contributed by atoms with Crippen LogP contribution >= 0.6 is 0 Å². The Morgan fingerprint density at radius 3 is 2.84 bits per heavy atom. The molecule has 138 valence electrons. The standard InChI is InChI=1S/C19H27NO5/c21-19(18-2-1-9-24-18)20-8-5-17-16(20)4-3-15(25-17)13-23-12-14-6-10-22-11-7-14/h1-2,9,14-17H,3-8,10-13H2/t15-,16+,17+/m1/s1. The smallest absolute Gasteiger partial charge is 0.289 e. The third kappa shape index (κ3) is 3.91. The molecule has 6 nitrogen and oxygen atoms in total. The van der Waals surface area contributed by atoms with Gasteiger partial charge in [-0.25, -0.2) is 0 Å². The van der Waals surface area contributed by atoms with Crippen molar-refractivity contribution in [3.05, 3.63) is 24.2 Å². The minimum atomic E-state index is -0.0182. The van der Waals surface area contributed by atoms with Crippen molar-refractivity contribution in [2.24, 2.45) is 5.92 Å². The van der Waals surface area contributed by atoms with Gasteiger partial charge in [0.15, 0.2) is 5.76 Å². The Balaban J connectivity index is 1.23. The first-order chi connectivity index (χ1) is 12.3. The molecule has 1 amide bonds. The minimum Gasteiger partial charge on any atom is -0.459 e. The van der Waals surface area contributed by atoms with Gasteiger partial charge in [-0.1, -0.05) is 0 Å². The van der Waals surface area contributed by atoms with Crippen LogP contribution < -0.4 is 0 Å². The fourth-order valence-corrected chi connectivity index (χ4v) is 4.19. The molecule has 0 spiro atoms. The van der Waals surface area contributed by atoms with Gasteiger partial charge in [-0.3, -0.25) is 4.79 Å². The van der Waals surface area contributed by atoms with Crippen LogP contribution in [0.4, 0.5) is 0 Å². The molecule has 0 unspecified atom stereocenters.